The molecule has 5 unspecified atom stereocenters. The van der Waals surface area contributed by atoms with Crippen molar-refractivity contribution in [1.29, 1.82) is 0 Å². The van der Waals surface area contributed by atoms with E-state index < -0.39 is 23.2 Å². The van der Waals surface area contributed by atoms with Crippen LogP contribution in [0, 0.1) is 5.41 Å². The normalized spacial score (nSPS) is 25.6. The Bertz CT molecular complexity index is 1700. The van der Waals surface area contributed by atoms with Gasteiger partial charge in [-0.2, -0.15) is 0 Å². The predicted octanol–water partition coefficient (Wildman–Crippen LogP) is 7.13. The summed E-state index contributed by atoms with van der Waals surface area (Å²) in [5.74, 6) is -0.0832. The van der Waals surface area contributed by atoms with E-state index in [1.54, 1.807) is 11.3 Å². The molecule has 2 heterocycles. The first-order valence-corrected chi connectivity index (χ1v) is 19.0. The standard InChI is InChI=1S/C40H49NO5S2/c1-27-7-5-17-39(2)35(15-18-40(39,46)26-41(24-31(44)25-42)19-16-32-9-6-20-47-32)33-14-12-28(21-30(43)13-11-27)22-34(33)38(45)37-23-29-8-3-4-10-36(29)48-37/h3-4,6-10,12,14,20,22-23,30-31,35,42-44,46H,5,11,13,15-19,21,24-26H2,1-2H3. The third-order valence-corrected chi connectivity index (χ3v) is 13.0. The molecule has 4 N–H and O–H groups in total. The van der Waals surface area contributed by atoms with Crippen molar-refractivity contribution >= 4 is 38.5 Å². The Morgan fingerprint density at radius 3 is 2.69 bits per heavy atom. The second kappa shape index (κ2) is 15.1. The zero-order chi connectivity index (χ0) is 33.9. The predicted molar refractivity (Wildman–Crippen MR) is 196 cm³/mol. The van der Waals surface area contributed by atoms with E-state index in [2.05, 4.69) is 48.4 Å². The Morgan fingerprint density at radius 2 is 1.92 bits per heavy atom. The van der Waals surface area contributed by atoms with Crippen LogP contribution in [0.1, 0.15) is 89.5 Å². The highest BCUT2D eigenvalue weighted by atomic mass is 32.1. The van der Waals surface area contributed by atoms with Gasteiger partial charge in [-0.15, -0.1) is 22.7 Å². The molecule has 7 rings (SSSR count). The number of fused-ring (bicyclic) bond motifs is 9. The first kappa shape index (κ1) is 35.1. The fourth-order valence-corrected chi connectivity index (χ4v) is 9.82. The molecule has 4 aromatic rings. The first-order chi connectivity index (χ1) is 23.1. The molecule has 256 valence electrons. The second-order valence-electron chi connectivity index (χ2n) is 14.3. The topological polar surface area (TPSA) is 101 Å². The van der Waals surface area contributed by atoms with Crippen molar-refractivity contribution in [2.45, 2.75) is 88.9 Å². The van der Waals surface area contributed by atoms with Gasteiger partial charge in [0.05, 0.1) is 29.3 Å². The molecule has 0 aliphatic heterocycles. The minimum absolute atomic E-state index is 0.00759. The van der Waals surface area contributed by atoms with Gasteiger partial charge in [-0.25, -0.2) is 0 Å². The smallest absolute Gasteiger partial charge is 0.203 e. The molecule has 5 atom stereocenters. The van der Waals surface area contributed by atoms with Crippen molar-refractivity contribution in [2.75, 3.05) is 26.2 Å². The van der Waals surface area contributed by atoms with E-state index in [0.717, 1.165) is 53.3 Å². The van der Waals surface area contributed by atoms with Crippen LogP contribution in [0.4, 0.5) is 0 Å². The summed E-state index contributed by atoms with van der Waals surface area (Å²) in [4.78, 5) is 18.5. The summed E-state index contributed by atoms with van der Waals surface area (Å²) in [6.45, 7) is 5.29. The number of ketones is 1. The van der Waals surface area contributed by atoms with Gasteiger partial charge in [0.2, 0.25) is 5.78 Å². The Labute approximate surface area is 292 Å². The summed E-state index contributed by atoms with van der Waals surface area (Å²) in [5, 5.41) is 47.2. The zero-order valence-electron chi connectivity index (χ0n) is 28.1. The first-order valence-electron chi connectivity index (χ1n) is 17.3. The van der Waals surface area contributed by atoms with Crippen LogP contribution in [0.5, 0.6) is 0 Å². The summed E-state index contributed by atoms with van der Waals surface area (Å²) in [7, 11) is 0. The highest BCUT2D eigenvalue weighted by Gasteiger charge is 2.57. The van der Waals surface area contributed by atoms with Gasteiger partial charge in [0.15, 0.2) is 0 Å². The SMILES string of the molecule is CC1=CCCC2(C)C(CCC2(O)CN(CCc2cccs2)CC(O)CO)c2ccc(cc2C(=O)c2cc3ccccc3s2)CC(O)CC1. The van der Waals surface area contributed by atoms with Crippen LogP contribution >= 0.6 is 22.7 Å². The molecule has 8 heteroatoms. The number of carbonyl (C=O) groups is 1. The summed E-state index contributed by atoms with van der Waals surface area (Å²) in [5.41, 5.74) is 2.16. The average Bonchev–Trinajstić information content (AvgIpc) is 3.81. The van der Waals surface area contributed by atoms with Gasteiger partial charge in [0.25, 0.3) is 0 Å². The van der Waals surface area contributed by atoms with Crippen molar-refractivity contribution in [3.63, 3.8) is 0 Å². The molecule has 1 saturated carbocycles. The van der Waals surface area contributed by atoms with Gasteiger partial charge in [0, 0.05) is 40.2 Å². The molecule has 48 heavy (non-hydrogen) atoms. The molecule has 1 fully saturated rings. The summed E-state index contributed by atoms with van der Waals surface area (Å²) < 4.78 is 1.08. The van der Waals surface area contributed by atoms with Crippen LogP contribution in [0.2, 0.25) is 0 Å². The number of carbonyl (C=O) groups excluding carboxylic acids is 1. The van der Waals surface area contributed by atoms with Gasteiger partial charge in [0.1, 0.15) is 0 Å². The Morgan fingerprint density at radius 1 is 1.08 bits per heavy atom. The second-order valence-corrected chi connectivity index (χ2v) is 16.4. The fraction of sp³-hybridized carbons (Fsp3) is 0.475. The number of benzene rings is 2. The molecular weight excluding hydrogens is 639 g/mol. The van der Waals surface area contributed by atoms with Crippen molar-refractivity contribution in [3.05, 3.63) is 104 Å². The molecule has 3 aliphatic rings. The summed E-state index contributed by atoms with van der Waals surface area (Å²) >= 11 is 3.21. The van der Waals surface area contributed by atoms with Crippen LogP contribution < -0.4 is 0 Å². The van der Waals surface area contributed by atoms with Gasteiger partial charge in [-0.3, -0.25) is 9.69 Å². The van der Waals surface area contributed by atoms with Crippen LogP contribution in [-0.2, 0) is 12.8 Å². The molecule has 6 nitrogen and oxygen atoms in total. The maximum Gasteiger partial charge on any atom is 0.203 e. The van der Waals surface area contributed by atoms with E-state index in [1.165, 1.54) is 21.8 Å². The highest BCUT2D eigenvalue weighted by molar-refractivity contribution is 7.21. The number of hydrogen-bond acceptors (Lipinski definition) is 8. The van der Waals surface area contributed by atoms with E-state index in [9.17, 15) is 25.2 Å². The number of allylic oxidation sites excluding steroid dienone is 2. The number of aliphatic hydroxyl groups is 4. The number of thiophene rings is 2. The molecule has 2 aromatic carbocycles. The largest absolute Gasteiger partial charge is 0.394 e. The average molecular weight is 688 g/mol. The minimum atomic E-state index is -1.09. The van der Waals surface area contributed by atoms with Crippen LogP contribution in [0.25, 0.3) is 10.1 Å². The lowest BCUT2D eigenvalue weighted by molar-refractivity contribution is -0.0889. The fourth-order valence-electron chi connectivity index (χ4n) is 8.11. The van der Waals surface area contributed by atoms with Crippen molar-refractivity contribution in [3.8, 4) is 0 Å². The maximum absolute atomic E-state index is 14.5. The maximum atomic E-state index is 14.5. The molecule has 0 spiro atoms. The summed E-state index contributed by atoms with van der Waals surface area (Å²) in [6.07, 6.45) is 6.41. The van der Waals surface area contributed by atoms with Crippen LogP contribution in [-0.4, -0.2) is 75.2 Å². The lowest BCUT2D eigenvalue weighted by Gasteiger charge is -2.46. The number of nitrogens with zero attached hydrogens (tertiary/aromatic N) is 1. The van der Waals surface area contributed by atoms with Crippen LogP contribution in [0.15, 0.2) is 77.7 Å². The van der Waals surface area contributed by atoms with Gasteiger partial charge < -0.3 is 20.4 Å². The van der Waals surface area contributed by atoms with Gasteiger partial charge >= 0.3 is 0 Å². The molecule has 0 amide bonds. The van der Waals surface area contributed by atoms with Gasteiger partial charge in [-0.1, -0.05) is 55.0 Å². The zero-order valence-corrected chi connectivity index (χ0v) is 29.7. The van der Waals surface area contributed by atoms with Crippen molar-refractivity contribution in [1.82, 2.24) is 4.90 Å². The van der Waals surface area contributed by atoms with E-state index in [1.807, 2.05) is 42.5 Å². The molecule has 2 aromatic heterocycles. The van der Waals surface area contributed by atoms with E-state index in [4.69, 9.17) is 0 Å². The van der Waals surface area contributed by atoms with Crippen molar-refractivity contribution in [2.24, 2.45) is 5.41 Å². The van der Waals surface area contributed by atoms with Crippen molar-refractivity contribution < 1.29 is 25.2 Å². The number of hydrogen-bond donors (Lipinski definition) is 4. The van der Waals surface area contributed by atoms with E-state index >= 15 is 0 Å². The molecule has 0 radical (unpaired) electrons. The quantitative estimate of drug-likeness (QED) is 0.105. The molecular formula is C40H49NO5S2. The monoisotopic (exact) mass is 687 g/mol. The number of aliphatic hydroxyl groups excluding tert-OH is 3. The Kier molecular flexibility index (Phi) is 11.0. The number of rotatable bonds is 10. The van der Waals surface area contributed by atoms with Gasteiger partial charge in [-0.05, 0) is 110 Å². The third-order valence-electron chi connectivity index (χ3n) is 11.0. The third kappa shape index (κ3) is 7.55. The van der Waals surface area contributed by atoms with E-state index in [0.29, 0.717) is 42.8 Å². The Hall–Kier alpha value is -2.69. The lowest BCUT2D eigenvalue weighted by atomic mass is 9.64. The highest BCUT2D eigenvalue weighted by Crippen LogP contribution is 2.59. The minimum Gasteiger partial charge on any atom is -0.394 e. The molecule has 3 aliphatic carbocycles. The van der Waals surface area contributed by atoms with E-state index in [-0.39, 0.29) is 24.9 Å². The summed E-state index contributed by atoms with van der Waals surface area (Å²) in [6, 6.07) is 20.4. The van der Waals surface area contributed by atoms with Crippen LogP contribution in [0.3, 0.4) is 0 Å². The Balaban J connectivity index is 1.40. The molecule has 0 saturated heterocycles. The lowest BCUT2D eigenvalue weighted by Crippen LogP contribution is -2.54. The molecule has 2 bridgehead atoms.